The molecule has 3 nitrogen and oxygen atoms in total. The molecule has 26 heavy (non-hydrogen) atoms. The molecule has 0 aliphatic heterocycles. The van der Waals surface area contributed by atoms with Crippen molar-refractivity contribution in [1.29, 1.82) is 0 Å². The predicted octanol–water partition coefficient (Wildman–Crippen LogP) is 4.17. The number of halogens is 1. The topological polar surface area (TPSA) is 42.0 Å². The quantitative estimate of drug-likeness (QED) is 0.726. The molecule has 1 atom stereocenters. The number of amides is 1. The van der Waals surface area contributed by atoms with Gasteiger partial charge in [-0.05, 0) is 53.8 Å². The van der Waals surface area contributed by atoms with Crippen molar-refractivity contribution in [2.24, 2.45) is 0 Å². The summed E-state index contributed by atoms with van der Waals surface area (Å²) < 4.78 is 13.3. The molecule has 0 bridgehead atoms. The largest absolute Gasteiger partial charge is 0.351 e. The van der Waals surface area contributed by atoms with Crippen LogP contribution in [0.1, 0.15) is 28.2 Å². The lowest BCUT2D eigenvalue weighted by Gasteiger charge is -2.18. The lowest BCUT2D eigenvalue weighted by Crippen LogP contribution is -2.30. The summed E-state index contributed by atoms with van der Waals surface area (Å²) in [5.41, 5.74) is 3.98. The van der Waals surface area contributed by atoms with Crippen LogP contribution in [0.3, 0.4) is 0 Å². The van der Waals surface area contributed by atoms with Gasteiger partial charge in [-0.2, -0.15) is 0 Å². The van der Waals surface area contributed by atoms with E-state index in [9.17, 15) is 9.18 Å². The minimum atomic E-state index is -0.399. The van der Waals surface area contributed by atoms with Crippen LogP contribution in [0.25, 0.3) is 0 Å². The number of aromatic nitrogens is 1. The number of pyridine rings is 1. The van der Waals surface area contributed by atoms with E-state index in [1.807, 2.05) is 43.3 Å². The molecule has 0 radical (unpaired) electrons. The summed E-state index contributed by atoms with van der Waals surface area (Å²) in [7, 11) is 0. The number of benzene rings is 2. The molecule has 1 N–H and O–H groups in total. The maximum absolute atomic E-state index is 13.3. The van der Waals surface area contributed by atoms with Crippen molar-refractivity contribution in [2.45, 2.75) is 25.8 Å². The maximum Gasteiger partial charge on any atom is 0.228 e. The summed E-state index contributed by atoms with van der Waals surface area (Å²) in [6.45, 7) is 2.49. The van der Waals surface area contributed by atoms with Gasteiger partial charge in [-0.3, -0.25) is 9.78 Å². The average molecular weight is 348 g/mol. The highest BCUT2D eigenvalue weighted by Crippen LogP contribution is 2.22. The molecule has 4 heteroatoms. The van der Waals surface area contributed by atoms with Crippen LogP contribution in [0.5, 0.6) is 0 Å². The molecule has 1 heterocycles. The Balaban J connectivity index is 1.78. The Kier molecular flexibility index (Phi) is 5.74. The zero-order valence-corrected chi connectivity index (χ0v) is 14.7. The van der Waals surface area contributed by atoms with Crippen LogP contribution in [0.15, 0.2) is 73.1 Å². The third-order valence-electron chi connectivity index (χ3n) is 4.47. The van der Waals surface area contributed by atoms with Crippen LogP contribution < -0.4 is 5.32 Å². The smallest absolute Gasteiger partial charge is 0.228 e. The van der Waals surface area contributed by atoms with Gasteiger partial charge in [0.15, 0.2) is 0 Å². The second-order valence-corrected chi connectivity index (χ2v) is 6.31. The average Bonchev–Trinajstić information content (AvgIpc) is 2.67. The van der Waals surface area contributed by atoms with Crippen molar-refractivity contribution in [3.8, 4) is 0 Å². The summed E-state index contributed by atoms with van der Waals surface area (Å²) in [4.78, 5) is 17.0. The molecule has 1 amide bonds. The number of hydrogen-bond acceptors (Lipinski definition) is 2. The Hall–Kier alpha value is -3.01. The Morgan fingerprint density at radius 1 is 1.08 bits per heavy atom. The van der Waals surface area contributed by atoms with Gasteiger partial charge in [0, 0.05) is 18.9 Å². The molecule has 1 unspecified atom stereocenters. The van der Waals surface area contributed by atoms with E-state index in [-0.39, 0.29) is 11.7 Å². The fourth-order valence-corrected chi connectivity index (χ4v) is 2.93. The van der Waals surface area contributed by atoms with Gasteiger partial charge in [-0.25, -0.2) is 4.39 Å². The van der Waals surface area contributed by atoms with E-state index in [1.165, 1.54) is 12.1 Å². The van der Waals surface area contributed by atoms with Crippen molar-refractivity contribution in [1.82, 2.24) is 10.3 Å². The van der Waals surface area contributed by atoms with Gasteiger partial charge in [-0.15, -0.1) is 0 Å². The summed E-state index contributed by atoms with van der Waals surface area (Å²) >= 11 is 0. The minimum Gasteiger partial charge on any atom is -0.351 e. The number of nitrogens with one attached hydrogen (secondary N) is 1. The molecule has 0 saturated carbocycles. The molecule has 3 aromatic rings. The maximum atomic E-state index is 13.3. The van der Waals surface area contributed by atoms with Crippen LogP contribution in [-0.2, 0) is 17.8 Å². The molecule has 0 fully saturated rings. The minimum absolute atomic E-state index is 0.0799. The summed E-state index contributed by atoms with van der Waals surface area (Å²) in [6, 6.07) is 17.9. The summed E-state index contributed by atoms with van der Waals surface area (Å²) in [6.07, 6.45) is 3.97. The normalized spacial score (nSPS) is 11.8. The third-order valence-corrected chi connectivity index (χ3v) is 4.47. The second-order valence-electron chi connectivity index (χ2n) is 6.31. The molecule has 132 valence electrons. The molecule has 0 aliphatic carbocycles. The third kappa shape index (κ3) is 4.54. The molecule has 1 aromatic heterocycles. The van der Waals surface area contributed by atoms with Crippen molar-refractivity contribution in [3.63, 3.8) is 0 Å². The van der Waals surface area contributed by atoms with Gasteiger partial charge in [0.05, 0.1) is 5.92 Å². The number of hydrogen-bond donors (Lipinski definition) is 1. The van der Waals surface area contributed by atoms with Crippen molar-refractivity contribution < 1.29 is 9.18 Å². The summed E-state index contributed by atoms with van der Waals surface area (Å²) in [5, 5.41) is 3.02. The number of carbonyl (C=O) groups excluding carboxylic acids is 1. The van der Waals surface area contributed by atoms with Crippen LogP contribution in [0, 0.1) is 12.7 Å². The highest BCUT2D eigenvalue weighted by atomic mass is 19.1. The molecule has 2 aromatic carbocycles. The highest BCUT2D eigenvalue weighted by Gasteiger charge is 2.21. The molecular weight excluding hydrogens is 327 g/mol. The lowest BCUT2D eigenvalue weighted by atomic mass is 9.91. The molecule has 0 saturated heterocycles. The molecular formula is C22H21FN2O. The first kappa shape index (κ1) is 17.8. The van der Waals surface area contributed by atoms with Crippen LogP contribution in [0.4, 0.5) is 4.39 Å². The summed E-state index contributed by atoms with van der Waals surface area (Å²) in [5.74, 6) is -0.790. The SMILES string of the molecule is Cc1ccccc1CNC(=O)C(Cc1cccnc1)c1ccc(F)cc1. The molecule has 3 rings (SSSR count). The van der Waals surface area contributed by atoms with E-state index in [4.69, 9.17) is 0 Å². The zero-order chi connectivity index (χ0) is 18.4. The number of rotatable bonds is 6. The van der Waals surface area contributed by atoms with Crippen molar-refractivity contribution in [3.05, 3.63) is 101 Å². The fraction of sp³-hybridized carbons (Fsp3) is 0.182. The van der Waals surface area contributed by atoms with Crippen molar-refractivity contribution in [2.75, 3.05) is 0 Å². The number of aryl methyl sites for hydroxylation is 1. The first-order valence-corrected chi connectivity index (χ1v) is 8.60. The van der Waals surface area contributed by atoms with Gasteiger partial charge in [0.2, 0.25) is 5.91 Å². The molecule has 0 spiro atoms. The van der Waals surface area contributed by atoms with E-state index >= 15 is 0 Å². The Morgan fingerprint density at radius 3 is 2.54 bits per heavy atom. The zero-order valence-electron chi connectivity index (χ0n) is 14.7. The van der Waals surface area contributed by atoms with Gasteiger partial charge < -0.3 is 5.32 Å². The van der Waals surface area contributed by atoms with E-state index in [0.29, 0.717) is 13.0 Å². The van der Waals surface area contributed by atoms with Gasteiger partial charge >= 0.3 is 0 Å². The van der Waals surface area contributed by atoms with E-state index in [0.717, 1.165) is 22.3 Å². The Bertz CT molecular complexity index is 863. The van der Waals surface area contributed by atoms with Crippen LogP contribution >= 0.6 is 0 Å². The standard InChI is InChI=1S/C22H21FN2O/c1-16-5-2-3-7-19(16)15-25-22(26)21(13-17-6-4-12-24-14-17)18-8-10-20(23)11-9-18/h2-12,14,21H,13,15H2,1H3,(H,25,26). The first-order valence-electron chi connectivity index (χ1n) is 8.60. The van der Waals surface area contributed by atoms with Gasteiger partial charge in [0.25, 0.3) is 0 Å². The molecule has 0 aliphatic rings. The van der Waals surface area contributed by atoms with E-state index in [1.54, 1.807) is 24.5 Å². The van der Waals surface area contributed by atoms with Crippen LogP contribution in [-0.4, -0.2) is 10.9 Å². The number of carbonyl (C=O) groups is 1. The van der Waals surface area contributed by atoms with Crippen molar-refractivity contribution >= 4 is 5.91 Å². The monoisotopic (exact) mass is 348 g/mol. The Labute approximate surface area is 152 Å². The lowest BCUT2D eigenvalue weighted by molar-refractivity contribution is -0.122. The number of nitrogens with zero attached hydrogens (tertiary/aromatic N) is 1. The predicted molar refractivity (Wildman–Crippen MR) is 100 cm³/mol. The van der Waals surface area contributed by atoms with E-state index in [2.05, 4.69) is 10.3 Å². The van der Waals surface area contributed by atoms with Gasteiger partial charge in [-0.1, -0.05) is 42.5 Å². The Morgan fingerprint density at radius 2 is 1.85 bits per heavy atom. The second kappa shape index (κ2) is 8.39. The van der Waals surface area contributed by atoms with E-state index < -0.39 is 5.92 Å². The fourth-order valence-electron chi connectivity index (χ4n) is 2.93. The van der Waals surface area contributed by atoms with Gasteiger partial charge in [0.1, 0.15) is 5.82 Å². The highest BCUT2D eigenvalue weighted by molar-refractivity contribution is 5.84. The van der Waals surface area contributed by atoms with Crippen LogP contribution in [0.2, 0.25) is 0 Å². The first-order chi connectivity index (χ1) is 12.6.